The van der Waals surface area contributed by atoms with Crippen molar-refractivity contribution in [2.45, 2.75) is 65.0 Å². The maximum absolute atomic E-state index is 12.4. The molecule has 2 amide bonds. The molecule has 1 atom stereocenters. The van der Waals surface area contributed by atoms with Crippen molar-refractivity contribution in [2.75, 3.05) is 19.7 Å². The molecule has 2 rings (SSSR count). The highest BCUT2D eigenvalue weighted by molar-refractivity contribution is 5.81. The third-order valence-corrected chi connectivity index (χ3v) is 4.94. The van der Waals surface area contributed by atoms with Crippen molar-refractivity contribution in [3.05, 3.63) is 35.9 Å². The number of amides is 2. The van der Waals surface area contributed by atoms with Gasteiger partial charge in [-0.15, -0.1) is 0 Å². The van der Waals surface area contributed by atoms with E-state index in [-0.39, 0.29) is 36.5 Å². The third-order valence-electron chi connectivity index (χ3n) is 4.94. The molecule has 0 unspecified atom stereocenters. The van der Waals surface area contributed by atoms with E-state index in [0.717, 1.165) is 18.4 Å². The molecule has 1 fully saturated rings. The van der Waals surface area contributed by atoms with Gasteiger partial charge in [-0.2, -0.15) is 0 Å². The highest BCUT2D eigenvalue weighted by Gasteiger charge is 2.31. The Kier molecular flexibility index (Phi) is 8.69. The second-order valence-corrected chi connectivity index (χ2v) is 8.67. The van der Waals surface area contributed by atoms with Crippen molar-refractivity contribution in [1.82, 2.24) is 10.2 Å². The molecule has 0 aliphatic carbocycles. The summed E-state index contributed by atoms with van der Waals surface area (Å²) in [4.78, 5) is 38.4. The minimum atomic E-state index is -0.546. The number of hydrogen-bond acceptors (Lipinski definition) is 5. The summed E-state index contributed by atoms with van der Waals surface area (Å²) in [6.45, 7) is 8.11. The lowest BCUT2D eigenvalue weighted by Crippen LogP contribution is -2.43. The van der Waals surface area contributed by atoms with Gasteiger partial charge in [0.15, 0.2) is 6.61 Å². The molecule has 1 aliphatic heterocycles. The summed E-state index contributed by atoms with van der Waals surface area (Å²) >= 11 is 0. The van der Waals surface area contributed by atoms with Gasteiger partial charge in [-0.25, -0.2) is 4.79 Å². The van der Waals surface area contributed by atoms with Crippen molar-refractivity contribution in [2.24, 2.45) is 5.92 Å². The number of carbonyl (C=O) groups excluding carboxylic acids is 3. The van der Waals surface area contributed by atoms with Gasteiger partial charge >= 0.3 is 12.1 Å². The van der Waals surface area contributed by atoms with Gasteiger partial charge in [-0.3, -0.25) is 9.59 Å². The van der Waals surface area contributed by atoms with Crippen molar-refractivity contribution in [3.8, 4) is 0 Å². The molecular formula is C23H34N2O5. The first-order valence-corrected chi connectivity index (χ1v) is 10.7. The summed E-state index contributed by atoms with van der Waals surface area (Å²) in [5.41, 5.74) is 0.490. The van der Waals surface area contributed by atoms with Crippen molar-refractivity contribution >= 4 is 18.0 Å². The van der Waals surface area contributed by atoms with Crippen LogP contribution in [0.25, 0.3) is 0 Å². The van der Waals surface area contributed by atoms with Gasteiger partial charge in [0, 0.05) is 13.1 Å². The lowest BCUT2D eigenvalue weighted by Gasteiger charge is -2.32. The first-order chi connectivity index (χ1) is 14.2. The SMILES string of the molecule is CCC[C@H](NC(=O)COC(=O)C1CCN(C(=O)OC(C)(C)C)CC1)c1ccccc1. The summed E-state index contributed by atoms with van der Waals surface area (Å²) in [5.74, 6) is -1.00. The summed E-state index contributed by atoms with van der Waals surface area (Å²) in [6.07, 6.45) is 2.38. The number of hydrogen-bond donors (Lipinski definition) is 1. The van der Waals surface area contributed by atoms with Crippen LogP contribution < -0.4 is 5.32 Å². The Hall–Kier alpha value is -2.57. The molecule has 166 valence electrons. The number of ether oxygens (including phenoxy) is 2. The number of likely N-dealkylation sites (tertiary alicyclic amines) is 1. The zero-order valence-electron chi connectivity index (χ0n) is 18.5. The molecule has 0 bridgehead atoms. The molecule has 1 N–H and O–H groups in total. The fourth-order valence-electron chi connectivity index (χ4n) is 3.41. The summed E-state index contributed by atoms with van der Waals surface area (Å²) < 4.78 is 10.6. The van der Waals surface area contributed by atoms with Crippen LogP contribution in [0.1, 0.15) is 65.0 Å². The lowest BCUT2D eigenvalue weighted by molar-refractivity contribution is -0.154. The van der Waals surface area contributed by atoms with Crippen LogP contribution in [-0.4, -0.2) is 48.2 Å². The number of nitrogens with zero attached hydrogens (tertiary/aromatic N) is 1. The molecule has 0 aromatic heterocycles. The van der Waals surface area contributed by atoms with Crippen LogP contribution in [-0.2, 0) is 19.1 Å². The highest BCUT2D eigenvalue weighted by atomic mass is 16.6. The standard InChI is InChI=1S/C23H34N2O5/c1-5-9-19(17-10-7-6-8-11-17)24-20(26)16-29-21(27)18-12-14-25(15-13-18)22(28)30-23(2,3)4/h6-8,10-11,18-19H,5,9,12-16H2,1-4H3,(H,24,26)/t19-/m0/s1. The van der Waals surface area contributed by atoms with E-state index in [4.69, 9.17) is 9.47 Å². The van der Waals surface area contributed by atoms with Crippen LogP contribution in [0.3, 0.4) is 0 Å². The summed E-state index contributed by atoms with van der Waals surface area (Å²) in [6, 6.07) is 9.67. The quantitative estimate of drug-likeness (QED) is 0.680. The molecule has 30 heavy (non-hydrogen) atoms. The molecule has 1 heterocycles. The van der Waals surface area contributed by atoms with E-state index < -0.39 is 5.60 Å². The zero-order chi connectivity index (χ0) is 22.1. The largest absolute Gasteiger partial charge is 0.455 e. The van der Waals surface area contributed by atoms with E-state index in [9.17, 15) is 14.4 Å². The van der Waals surface area contributed by atoms with E-state index in [2.05, 4.69) is 12.2 Å². The van der Waals surface area contributed by atoms with Crippen LogP contribution in [0.2, 0.25) is 0 Å². The maximum Gasteiger partial charge on any atom is 0.410 e. The van der Waals surface area contributed by atoms with Gasteiger partial charge in [0.25, 0.3) is 5.91 Å². The molecule has 1 aromatic rings. The van der Waals surface area contributed by atoms with Crippen molar-refractivity contribution in [1.29, 1.82) is 0 Å². The maximum atomic E-state index is 12.4. The van der Waals surface area contributed by atoms with Crippen molar-refractivity contribution < 1.29 is 23.9 Å². The summed E-state index contributed by atoms with van der Waals surface area (Å²) in [7, 11) is 0. The van der Waals surface area contributed by atoms with Gasteiger partial charge in [0.1, 0.15) is 5.60 Å². The molecule has 0 saturated carbocycles. The molecule has 0 spiro atoms. The summed E-state index contributed by atoms with van der Waals surface area (Å²) in [5, 5.41) is 2.95. The molecule has 1 saturated heterocycles. The Balaban J connectivity index is 1.76. The Bertz CT molecular complexity index is 706. The molecule has 1 aromatic carbocycles. The number of piperidine rings is 1. The van der Waals surface area contributed by atoms with Crippen LogP contribution in [0.4, 0.5) is 4.79 Å². The predicted molar refractivity (Wildman–Crippen MR) is 114 cm³/mol. The monoisotopic (exact) mass is 418 g/mol. The third kappa shape index (κ3) is 7.69. The van der Waals surface area contributed by atoms with Crippen LogP contribution in [0.15, 0.2) is 30.3 Å². The lowest BCUT2D eigenvalue weighted by atomic mass is 9.97. The minimum Gasteiger partial charge on any atom is -0.455 e. The molecule has 7 nitrogen and oxygen atoms in total. The van der Waals surface area contributed by atoms with Gasteiger partial charge < -0.3 is 19.7 Å². The normalized spacial score (nSPS) is 15.9. The zero-order valence-corrected chi connectivity index (χ0v) is 18.5. The molecule has 7 heteroatoms. The van der Waals surface area contributed by atoms with E-state index in [1.807, 2.05) is 51.1 Å². The number of carbonyl (C=O) groups is 3. The Morgan fingerprint density at radius 1 is 1.13 bits per heavy atom. The average Bonchev–Trinajstić information content (AvgIpc) is 2.71. The van der Waals surface area contributed by atoms with Gasteiger partial charge in [0.05, 0.1) is 12.0 Å². The van der Waals surface area contributed by atoms with Crippen LogP contribution >= 0.6 is 0 Å². The number of benzene rings is 1. The molecule has 1 aliphatic rings. The smallest absolute Gasteiger partial charge is 0.410 e. The van der Waals surface area contributed by atoms with Gasteiger partial charge in [0.2, 0.25) is 0 Å². The Morgan fingerprint density at radius 3 is 2.33 bits per heavy atom. The second-order valence-electron chi connectivity index (χ2n) is 8.67. The van der Waals surface area contributed by atoms with Gasteiger partial charge in [-0.1, -0.05) is 43.7 Å². The molecule has 0 radical (unpaired) electrons. The topological polar surface area (TPSA) is 84.9 Å². The first-order valence-electron chi connectivity index (χ1n) is 10.7. The predicted octanol–water partition coefficient (Wildman–Crippen LogP) is 3.83. The average molecular weight is 419 g/mol. The van der Waals surface area contributed by atoms with Crippen LogP contribution in [0, 0.1) is 5.92 Å². The molecular weight excluding hydrogens is 384 g/mol. The number of rotatable bonds is 7. The van der Waals surface area contributed by atoms with E-state index in [1.165, 1.54) is 0 Å². The van der Waals surface area contributed by atoms with E-state index in [1.54, 1.807) is 4.90 Å². The fourth-order valence-corrected chi connectivity index (χ4v) is 3.41. The Morgan fingerprint density at radius 2 is 1.77 bits per heavy atom. The van der Waals surface area contributed by atoms with E-state index >= 15 is 0 Å². The number of esters is 1. The van der Waals surface area contributed by atoms with Crippen molar-refractivity contribution in [3.63, 3.8) is 0 Å². The second kappa shape index (κ2) is 11.0. The van der Waals surface area contributed by atoms with Gasteiger partial charge in [-0.05, 0) is 45.6 Å². The highest BCUT2D eigenvalue weighted by Crippen LogP contribution is 2.21. The minimum absolute atomic E-state index is 0.0977. The van der Waals surface area contributed by atoms with Crippen LogP contribution in [0.5, 0.6) is 0 Å². The first kappa shape index (κ1) is 23.7. The fraction of sp³-hybridized carbons (Fsp3) is 0.609. The number of nitrogens with one attached hydrogen (secondary N) is 1. The van der Waals surface area contributed by atoms with E-state index in [0.29, 0.717) is 25.9 Å². The Labute approximate surface area is 179 Å².